The fraction of sp³-hybridized carbons (Fsp3) is 0.643. The average Bonchev–Trinajstić information content (AvgIpc) is 3.99. The number of ether oxygens (including phenoxy) is 5. The molecule has 8 rings (SSSR count). The van der Waals surface area contributed by atoms with Gasteiger partial charge in [0.1, 0.15) is 22.7 Å². The number of methoxy groups -OCH3 is 4. The van der Waals surface area contributed by atoms with E-state index in [0.29, 0.717) is 36.0 Å². The van der Waals surface area contributed by atoms with Crippen LogP contribution in [0.25, 0.3) is 0 Å². The molecule has 2 aromatic rings. The lowest BCUT2D eigenvalue weighted by Crippen LogP contribution is -2.74. The molecule has 2 aromatic carbocycles. The van der Waals surface area contributed by atoms with Gasteiger partial charge >= 0.3 is 11.9 Å². The van der Waals surface area contributed by atoms with Crippen molar-refractivity contribution in [3.8, 4) is 11.5 Å². The summed E-state index contributed by atoms with van der Waals surface area (Å²) in [6.45, 7) is 10.4. The van der Waals surface area contributed by atoms with E-state index >= 15 is 0 Å². The van der Waals surface area contributed by atoms with Gasteiger partial charge in [0.15, 0.2) is 19.4 Å². The number of likely N-dealkylation sites (tertiary alicyclic amines) is 2. The molecule has 1 unspecified atom stereocenters. The third-order valence-electron chi connectivity index (χ3n) is 16.2. The van der Waals surface area contributed by atoms with Gasteiger partial charge in [0.25, 0.3) is 0 Å². The van der Waals surface area contributed by atoms with Crippen molar-refractivity contribution in [1.29, 1.82) is 0 Å². The highest BCUT2D eigenvalue weighted by Crippen LogP contribution is 2.57. The zero-order chi connectivity index (χ0) is 52.6. The minimum atomic E-state index is -2.19. The third-order valence-corrected chi connectivity index (χ3v) is 18.7. The normalized spacial score (nSPS) is 31.9. The van der Waals surface area contributed by atoms with Crippen molar-refractivity contribution >= 4 is 32.1 Å². The van der Waals surface area contributed by atoms with Gasteiger partial charge in [0.05, 0.1) is 58.6 Å². The predicted octanol–water partition coefficient (Wildman–Crippen LogP) is 6.90. The molecule has 11 atom stereocenters. The molecule has 0 saturated carbocycles. The van der Waals surface area contributed by atoms with Gasteiger partial charge in [0.2, 0.25) is 11.8 Å². The van der Waals surface area contributed by atoms with Crippen LogP contribution in [-0.2, 0) is 50.9 Å². The number of carbonyl (C=O) groups excluding carboxylic acids is 4. The van der Waals surface area contributed by atoms with Crippen molar-refractivity contribution in [3.63, 3.8) is 0 Å². The van der Waals surface area contributed by atoms with E-state index in [1.54, 1.807) is 43.4 Å². The minimum Gasteiger partial charge on any atom is -0.497 e. The average molecular weight is 1040 g/mol. The highest BCUT2D eigenvalue weighted by molar-refractivity contribution is 6.71. The maximum absolute atomic E-state index is 14.0. The van der Waals surface area contributed by atoms with Crippen LogP contribution in [0.3, 0.4) is 0 Å². The Morgan fingerprint density at radius 3 is 1.62 bits per heavy atom. The van der Waals surface area contributed by atoms with E-state index in [-0.39, 0.29) is 45.4 Å². The molecule has 0 aromatic heterocycles. The van der Waals surface area contributed by atoms with Gasteiger partial charge < -0.3 is 58.3 Å². The van der Waals surface area contributed by atoms with Crippen molar-refractivity contribution in [3.05, 3.63) is 84.0 Å². The molecule has 6 aliphatic rings. The van der Waals surface area contributed by atoms with Gasteiger partial charge in [-0.25, -0.2) is 9.59 Å². The molecule has 0 spiro atoms. The third kappa shape index (κ3) is 11.3. The zero-order valence-corrected chi connectivity index (χ0v) is 44.8. The smallest absolute Gasteiger partial charge is 0.337 e. The summed E-state index contributed by atoms with van der Waals surface area (Å²) in [4.78, 5) is 57.6. The van der Waals surface area contributed by atoms with Crippen LogP contribution in [-0.4, -0.2) is 145 Å². The summed E-state index contributed by atoms with van der Waals surface area (Å²) in [5.41, 5.74) is -5.32. The van der Waals surface area contributed by atoms with Crippen LogP contribution in [0, 0.1) is 23.7 Å². The molecule has 406 valence electrons. The summed E-state index contributed by atoms with van der Waals surface area (Å²) < 4.78 is 32.9. The van der Waals surface area contributed by atoms with Crippen molar-refractivity contribution in [2.24, 2.45) is 23.7 Å². The number of hydrogen-bond donors (Lipinski definition) is 4. The van der Waals surface area contributed by atoms with Crippen LogP contribution in [0.5, 0.6) is 11.5 Å². The number of aliphatic hydroxyl groups is 4. The lowest BCUT2D eigenvalue weighted by atomic mass is 9.67. The maximum atomic E-state index is 14.0. The van der Waals surface area contributed by atoms with Crippen LogP contribution >= 0.6 is 0 Å². The molecule has 2 amide bonds. The Hall–Kier alpha value is -4.62. The van der Waals surface area contributed by atoms with E-state index < -0.39 is 78.4 Å². The quantitative estimate of drug-likeness (QED) is 0.0862. The number of benzene rings is 2. The Kier molecular flexibility index (Phi) is 20.1. The van der Waals surface area contributed by atoms with Gasteiger partial charge in [-0.15, -0.1) is 0 Å². The number of fused-ring (bicyclic) bond motifs is 1. The van der Waals surface area contributed by atoms with E-state index in [4.69, 9.17) is 28.1 Å². The van der Waals surface area contributed by atoms with E-state index in [1.165, 1.54) is 38.9 Å². The Labute approximate surface area is 434 Å². The first-order valence-corrected chi connectivity index (χ1v) is 28.8. The number of aliphatic hydroxyl groups excluding tert-OH is 3. The summed E-state index contributed by atoms with van der Waals surface area (Å²) in [5.74, 6) is -3.12. The van der Waals surface area contributed by atoms with Gasteiger partial charge in [0, 0.05) is 38.1 Å². The molecule has 17 heteroatoms. The number of nitrogens with zero attached hydrogens (tertiary/aromatic N) is 2. The highest BCUT2D eigenvalue weighted by Gasteiger charge is 2.77. The lowest BCUT2D eigenvalue weighted by Gasteiger charge is -2.54. The van der Waals surface area contributed by atoms with Crippen LogP contribution in [0.1, 0.15) is 104 Å². The molecule has 16 nitrogen and oxygen atoms in total. The molecule has 2 aliphatic carbocycles. The van der Waals surface area contributed by atoms with E-state index in [0.717, 1.165) is 50.3 Å². The minimum absolute atomic E-state index is 0. The number of allylic oxidation sites excluding steroid dienone is 2. The van der Waals surface area contributed by atoms with Crippen molar-refractivity contribution in [1.82, 2.24) is 9.80 Å². The first-order valence-electron chi connectivity index (χ1n) is 25.7. The fourth-order valence-corrected chi connectivity index (χ4v) is 14.9. The molecule has 0 radical (unpaired) electrons. The number of esters is 2. The Morgan fingerprint density at radius 1 is 0.740 bits per heavy atom. The van der Waals surface area contributed by atoms with Crippen molar-refractivity contribution in [2.75, 3.05) is 41.7 Å². The lowest BCUT2D eigenvalue weighted by molar-refractivity contribution is -0.191. The molecule has 4 fully saturated rings. The topological polar surface area (TPSA) is 211 Å². The second-order valence-corrected chi connectivity index (χ2v) is 25.3. The van der Waals surface area contributed by atoms with Gasteiger partial charge in [-0.05, 0) is 140 Å². The first-order chi connectivity index (χ1) is 34.2. The molecular weight excluding hydrogens is 953 g/mol. The van der Waals surface area contributed by atoms with E-state index in [1.807, 2.05) is 55.5 Å². The van der Waals surface area contributed by atoms with E-state index in [2.05, 4.69) is 20.0 Å². The Bertz CT molecular complexity index is 2230. The second kappa shape index (κ2) is 24.8. The predicted molar refractivity (Wildman–Crippen MR) is 279 cm³/mol. The number of hydrogen-bond acceptors (Lipinski definition) is 14. The van der Waals surface area contributed by atoms with Crippen LogP contribution in [0.15, 0.2) is 72.8 Å². The molecule has 4 aliphatic heterocycles. The van der Waals surface area contributed by atoms with Gasteiger partial charge in [-0.3, -0.25) is 9.59 Å². The molecular formula is C56H84N2O14Si. The van der Waals surface area contributed by atoms with Gasteiger partial charge in [-0.2, -0.15) is 0 Å². The second-order valence-electron chi connectivity index (χ2n) is 21.1. The van der Waals surface area contributed by atoms with Crippen LogP contribution in [0.2, 0.25) is 19.1 Å². The van der Waals surface area contributed by atoms with Crippen molar-refractivity contribution < 1.29 is 67.7 Å². The number of carbonyl (C=O) groups is 4. The largest absolute Gasteiger partial charge is 0.497 e. The fourth-order valence-electron chi connectivity index (χ4n) is 12.4. The Balaban J connectivity index is 0.000000240. The molecule has 4 N–H and O–H groups in total. The zero-order valence-electron chi connectivity index (χ0n) is 43.8. The highest BCUT2D eigenvalue weighted by atomic mass is 28.4. The molecule has 4 heterocycles. The molecule has 73 heavy (non-hydrogen) atoms. The molecule has 0 bridgehead atoms. The Morgan fingerprint density at radius 2 is 1.22 bits per heavy atom. The summed E-state index contributed by atoms with van der Waals surface area (Å²) >= 11 is 0. The summed E-state index contributed by atoms with van der Waals surface area (Å²) in [6.07, 6.45) is 13.8. The van der Waals surface area contributed by atoms with Crippen molar-refractivity contribution in [2.45, 2.75) is 165 Å². The summed E-state index contributed by atoms with van der Waals surface area (Å²) in [5, 5.41) is 44.9. The monoisotopic (exact) mass is 1040 g/mol. The van der Waals surface area contributed by atoms with Crippen LogP contribution < -0.4 is 9.47 Å². The van der Waals surface area contributed by atoms with Gasteiger partial charge in [-0.1, -0.05) is 56.0 Å². The summed E-state index contributed by atoms with van der Waals surface area (Å²) in [6, 6.07) is 15.2. The van der Waals surface area contributed by atoms with Crippen LogP contribution in [0.4, 0.5) is 0 Å². The number of amides is 2. The SMILES string of the molecule is C.CC1CCCO1.COC(=O)[C@]1([C@@H](O)[C@@H]2C=CCCC2)N(Cc2ccc(OC)cc2)C(=O)[C@@H]2CC[Si](C)(C)O[C@@]21C.COC(=O)[C@]1([C@@H](O)[C@@H]2C=CCCC2)N(Cc2ccc(OC)cc2)C(=O)[C@H](CCO)[C@]1(C)O. The van der Waals surface area contributed by atoms with E-state index in [9.17, 15) is 39.6 Å². The number of rotatable bonds is 14. The molecule has 4 saturated heterocycles. The summed E-state index contributed by atoms with van der Waals surface area (Å²) in [7, 11) is 3.47. The standard InChI is InChI=1S/C26H37NO6Si.C24H33NO7.C5H10O.CH4/c1-25-21(15-16-34(4,5)33-25)23(29)27(17-18-11-13-20(31-2)14-12-18)26(25,24(30)32-3)22(28)19-9-7-6-8-10-19;1-23(30)19(13-14-26)21(28)25(15-16-9-11-18(31-2)12-10-16)24(23,22(29)32-3)20(27)17-7-5-4-6-8-17;1-5-3-2-4-6-5;/h7,9,11-14,19,21-22,28H,6,8,10,15-17H2,1-5H3;5,7,9-12,17,19-20,26-27,30H,4,6,8,13-15H2,1-3H3;5H,2-4H2,1H3;1H4/t19-,21+,22+,25+,26+;17-,19+,20+,23+,24+;;/m11../s1. The first kappa shape index (κ1) is 59.3. The maximum Gasteiger partial charge on any atom is 0.337 e.